The third kappa shape index (κ3) is 1.65. The van der Waals surface area contributed by atoms with E-state index in [1.165, 1.54) is 0 Å². The summed E-state index contributed by atoms with van der Waals surface area (Å²) >= 11 is 0. The van der Waals surface area contributed by atoms with Crippen LogP contribution in [0.4, 0.5) is 11.4 Å². The van der Waals surface area contributed by atoms with E-state index in [0.29, 0.717) is 6.54 Å². The van der Waals surface area contributed by atoms with Crippen molar-refractivity contribution < 1.29 is 9.90 Å². The lowest BCUT2D eigenvalue weighted by molar-refractivity contribution is -0.122. The van der Waals surface area contributed by atoms with Crippen LogP contribution in [0.25, 0.3) is 0 Å². The van der Waals surface area contributed by atoms with Crippen molar-refractivity contribution in [3.8, 4) is 0 Å². The van der Waals surface area contributed by atoms with Crippen LogP contribution in [0.3, 0.4) is 0 Å². The number of anilines is 2. The Kier molecular flexibility index (Phi) is 2.59. The molecule has 0 saturated heterocycles. The van der Waals surface area contributed by atoms with Crippen molar-refractivity contribution in [2.24, 2.45) is 0 Å². The SMILES string of the molecule is CC1(C)Nc2ccccc2N(CCO)C1=O. The lowest BCUT2D eigenvalue weighted by Crippen LogP contribution is -2.54. The van der Waals surface area contributed by atoms with Gasteiger partial charge in [-0.1, -0.05) is 12.1 Å². The Labute approximate surface area is 94.9 Å². The first kappa shape index (κ1) is 11.0. The fourth-order valence-electron chi connectivity index (χ4n) is 1.97. The van der Waals surface area contributed by atoms with Crippen LogP contribution < -0.4 is 10.2 Å². The van der Waals surface area contributed by atoms with Gasteiger partial charge in [-0.3, -0.25) is 4.79 Å². The lowest BCUT2D eigenvalue weighted by atomic mass is 9.98. The van der Waals surface area contributed by atoms with Crippen molar-refractivity contribution in [2.75, 3.05) is 23.4 Å². The number of β-amino-alcohol motifs (C(OH)–C–C–N with tert-alkyl or cyclic N) is 1. The summed E-state index contributed by atoms with van der Waals surface area (Å²) in [5.74, 6) is -0.0137. The van der Waals surface area contributed by atoms with Crippen molar-refractivity contribution in [1.82, 2.24) is 0 Å². The van der Waals surface area contributed by atoms with Gasteiger partial charge in [0.2, 0.25) is 0 Å². The lowest BCUT2D eigenvalue weighted by Gasteiger charge is -2.39. The summed E-state index contributed by atoms with van der Waals surface area (Å²) in [5.41, 5.74) is 1.14. The normalized spacial score (nSPS) is 17.9. The minimum Gasteiger partial charge on any atom is -0.395 e. The Morgan fingerprint density at radius 2 is 2.06 bits per heavy atom. The van der Waals surface area contributed by atoms with Gasteiger partial charge in [-0.15, -0.1) is 0 Å². The number of aliphatic hydroxyl groups is 1. The van der Waals surface area contributed by atoms with E-state index >= 15 is 0 Å². The maximum Gasteiger partial charge on any atom is 0.252 e. The number of fused-ring (bicyclic) bond motifs is 1. The molecule has 0 fully saturated rings. The maximum atomic E-state index is 12.2. The zero-order valence-corrected chi connectivity index (χ0v) is 9.53. The van der Waals surface area contributed by atoms with E-state index in [2.05, 4.69) is 5.32 Å². The van der Waals surface area contributed by atoms with E-state index in [9.17, 15) is 4.79 Å². The van der Waals surface area contributed by atoms with Gasteiger partial charge in [-0.05, 0) is 26.0 Å². The highest BCUT2D eigenvalue weighted by molar-refractivity contribution is 6.07. The molecule has 0 saturated carbocycles. The van der Waals surface area contributed by atoms with Crippen LogP contribution in [0.15, 0.2) is 24.3 Å². The van der Waals surface area contributed by atoms with Crippen LogP contribution in [0.2, 0.25) is 0 Å². The zero-order valence-electron chi connectivity index (χ0n) is 9.53. The molecule has 0 aromatic heterocycles. The predicted molar refractivity (Wildman–Crippen MR) is 63.6 cm³/mol. The van der Waals surface area contributed by atoms with E-state index in [1.807, 2.05) is 38.1 Å². The molecule has 0 atom stereocenters. The summed E-state index contributed by atoms with van der Waals surface area (Å²) in [4.78, 5) is 13.8. The summed E-state index contributed by atoms with van der Waals surface area (Å²) in [5, 5.41) is 12.2. The molecular weight excluding hydrogens is 204 g/mol. The first-order valence-corrected chi connectivity index (χ1v) is 5.36. The summed E-state index contributed by atoms with van der Waals surface area (Å²) in [6.07, 6.45) is 0. The molecule has 4 nitrogen and oxygen atoms in total. The van der Waals surface area contributed by atoms with Crippen LogP contribution in [-0.2, 0) is 4.79 Å². The highest BCUT2D eigenvalue weighted by Gasteiger charge is 2.37. The molecule has 2 N–H and O–H groups in total. The van der Waals surface area contributed by atoms with Gasteiger partial charge >= 0.3 is 0 Å². The highest BCUT2D eigenvalue weighted by atomic mass is 16.3. The number of hydrogen-bond donors (Lipinski definition) is 2. The van der Waals surface area contributed by atoms with E-state index < -0.39 is 5.54 Å². The molecule has 1 aliphatic heterocycles. The molecular formula is C12H16N2O2. The maximum absolute atomic E-state index is 12.2. The Balaban J connectivity index is 2.47. The summed E-state index contributed by atoms with van der Waals surface area (Å²) in [6, 6.07) is 7.63. The van der Waals surface area contributed by atoms with Crippen LogP contribution in [-0.4, -0.2) is 29.7 Å². The number of nitrogens with zero attached hydrogens (tertiary/aromatic N) is 1. The van der Waals surface area contributed by atoms with E-state index in [4.69, 9.17) is 5.11 Å². The molecule has 0 spiro atoms. The fourth-order valence-corrected chi connectivity index (χ4v) is 1.97. The van der Waals surface area contributed by atoms with Gasteiger partial charge in [-0.2, -0.15) is 0 Å². The fraction of sp³-hybridized carbons (Fsp3) is 0.417. The van der Waals surface area contributed by atoms with Crippen LogP contribution in [0.5, 0.6) is 0 Å². The Morgan fingerprint density at radius 3 is 2.75 bits per heavy atom. The van der Waals surface area contributed by atoms with Crippen molar-refractivity contribution in [2.45, 2.75) is 19.4 Å². The number of amides is 1. The quantitative estimate of drug-likeness (QED) is 0.787. The first-order valence-electron chi connectivity index (χ1n) is 5.36. The molecule has 0 unspecified atom stereocenters. The van der Waals surface area contributed by atoms with E-state index in [-0.39, 0.29) is 12.5 Å². The highest BCUT2D eigenvalue weighted by Crippen LogP contribution is 2.34. The predicted octanol–water partition coefficient (Wildman–Crippen LogP) is 1.22. The molecule has 1 amide bonds. The Morgan fingerprint density at radius 1 is 1.38 bits per heavy atom. The standard InChI is InChI=1S/C12H16N2O2/c1-12(2)11(16)14(7-8-15)10-6-4-3-5-9(10)13-12/h3-6,13,15H,7-8H2,1-2H3. The van der Waals surface area contributed by atoms with Gasteiger partial charge in [0, 0.05) is 6.54 Å². The van der Waals surface area contributed by atoms with Crippen LogP contribution in [0, 0.1) is 0 Å². The molecule has 0 radical (unpaired) electrons. The van der Waals surface area contributed by atoms with Crippen molar-refractivity contribution in [1.29, 1.82) is 0 Å². The van der Waals surface area contributed by atoms with Crippen molar-refractivity contribution in [3.05, 3.63) is 24.3 Å². The van der Waals surface area contributed by atoms with E-state index in [0.717, 1.165) is 11.4 Å². The summed E-state index contributed by atoms with van der Waals surface area (Å²) in [7, 11) is 0. The van der Waals surface area contributed by atoms with E-state index in [1.54, 1.807) is 4.90 Å². The number of aliphatic hydroxyl groups excluding tert-OH is 1. The van der Waals surface area contributed by atoms with Gasteiger partial charge < -0.3 is 15.3 Å². The number of nitrogens with one attached hydrogen (secondary N) is 1. The molecule has 86 valence electrons. The van der Waals surface area contributed by atoms with Crippen LogP contribution >= 0.6 is 0 Å². The second-order valence-electron chi connectivity index (χ2n) is 4.45. The number of hydrogen-bond acceptors (Lipinski definition) is 3. The molecule has 1 aromatic carbocycles. The van der Waals surface area contributed by atoms with Crippen molar-refractivity contribution in [3.63, 3.8) is 0 Å². The minimum absolute atomic E-state index is 0.0137. The zero-order chi connectivity index (χ0) is 11.8. The smallest absolute Gasteiger partial charge is 0.252 e. The average molecular weight is 220 g/mol. The Bertz CT molecular complexity index is 415. The topological polar surface area (TPSA) is 52.6 Å². The van der Waals surface area contributed by atoms with Gasteiger partial charge in [0.25, 0.3) is 5.91 Å². The number of carbonyl (C=O) groups excluding carboxylic acids is 1. The Hall–Kier alpha value is -1.55. The molecule has 16 heavy (non-hydrogen) atoms. The van der Waals surface area contributed by atoms with Crippen molar-refractivity contribution >= 4 is 17.3 Å². The minimum atomic E-state index is -0.622. The molecule has 1 heterocycles. The van der Waals surface area contributed by atoms with Gasteiger partial charge in [-0.25, -0.2) is 0 Å². The third-order valence-corrected chi connectivity index (χ3v) is 2.75. The largest absolute Gasteiger partial charge is 0.395 e. The second-order valence-corrected chi connectivity index (χ2v) is 4.45. The van der Waals surface area contributed by atoms with Crippen LogP contribution in [0.1, 0.15) is 13.8 Å². The number of rotatable bonds is 2. The number of benzene rings is 1. The molecule has 1 aliphatic rings. The number of para-hydroxylation sites is 2. The molecule has 1 aromatic rings. The molecule has 4 heteroatoms. The van der Waals surface area contributed by atoms with Gasteiger partial charge in [0.1, 0.15) is 5.54 Å². The second kappa shape index (κ2) is 3.79. The molecule has 2 rings (SSSR count). The average Bonchev–Trinajstić information content (AvgIpc) is 2.24. The first-order chi connectivity index (χ1) is 7.56. The molecule has 0 bridgehead atoms. The number of carbonyl (C=O) groups is 1. The monoisotopic (exact) mass is 220 g/mol. The van der Waals surface area contributed by atoms with Gasteiger partial charge in [0.15, 0.2) is 0 Å². The third-order valence-electron chi connectivity index (χ3n) is 2.75. The summed E-state index contributed by atoms with van der Waals surface area (Å²) in [6.45, 7) is 3.99. The van der Waals surface area contributed by atoms with Gasteiger partial charge in [0.05, 0.1) is 18.0 Å². The molecule has 0 aliphatic carbocycles. The summed E-state index contributed by atoms with van der Waals surface area (Å²) < 4.78 is 0.